The van der Waals surface area contributed by atoms with Crippen LogP contribution in [0.5, 0.6) is 5.88 Å². The van der Waals surface area contributed by atoms with E-state index in [0.29, 0.717) is 17.4 Å². The molecule has 0 aliphatic rings. The second-order valence-electron chi connectivity index (χ2n) is 4.34. The SMILES string of the molecule is COc1nc(-c2cccs2)nnc1-c1ccc(C)cc1. The van der Waals surface area contributed by atoms with Gasteiger partial charge in [-0.2, -0.15) is 4.98 Å². The zero-order chi connectivity index (χ0) is 13.9. The molecular weight excluding hydrogens is 270 g/mol. The molecule has 3 aromatic rings. The van der Waals surface area contributed by atoms with Gasteiger partial charge < -0.3 is 4.74 Å². The molecule has 3 rings (SSSR count). The van der Waals surface area contributed by atoms with Crippen LogP contribution in [-0.2, 0) is 0 Å². The van der Waals surface area contributed by atoms with E-state index in [9.17, 15) is 0 Å². The Morgan fingerprint density at radius 2 is 1.85 bits per heavy atom. The molecule has 5 heteroatoms. The Kier molecular flexibility index (Phi) is 3.43. The van der Waals surface area contributed by atoms with Gasteiger partial charge in [0.05, 0.1) is 12.0 Å². The van der Waals surface area contributed by atoms with Crippen LogP contribution in [0.3, 0.4) is 0 Å². The molecule has 2 heterocycles. The van der Waals surface area contributed by atoms with Gasteiger partial charge in [-0.15, -0.1) is 21.5 Å². The topological polar surface area (TPSA) is 47.9 Å². The first-order valence-corrected chi connectivity index (χ1v) is 7.05. The number of hydrogen-bond acceptors (Lipinski definition) is 5. The van der Waals surface area contributed by atoms with Crippen LogP contribution in [0, 0.1) is 6.92 Å². The summed E-state index contributed by atoms with van der Waals surface area (Å²) in [4.78, 5) is 5.43. The van der Waals surface area contributed by atoms with Crippen molar-refractivity contribution >= 4 is 11.3 Å². The molecule has 1 aromatic carbocycles. The number of ether oxygens (including phenoxy) is 1. The summed E-state index contributed by atoms with van der Waals surface area (Å²) in [7, 11) is 1.60. The van der Waals surface area contributed by atoms with Crippen molar-refractivity contribution in [3.8, 4) is 27.8 Å². The molecule has 0 spiro atoms. The average molecular weight is 283 g/mol. The first kappa shape index (κ1) is 12.7. The molecule has 0 aliphatic heterocycles. The molecular formula is C15H13N3OS. The Morgan fingerprint density at radius 3 is 2.50 bits per heavy atom. The van der Waals surface area contributed by atoms with Gasteiger partial charge in [0.25, 0.3) is 0 Å². The summed E-state index contributed by atoms with van der Waals surface area (Å²) in [6, 6.07) is 12.0. The summed E-state index contributed by atoms with van der Waals surface area (Å²) in [5.74, 6) is 1.08. The number of methoxy groups -OCH3 is 1. The highest BCUT2D eigenvalue weighted by atomic mass is 32.1. The number of aromatic nitrogens is 3. The van der Waals surface area contributed by atoms with Crippen molar-refractivity contribution in [3.63, 3.8) is 0 Å². The largest absolute Gasteiger partial charge is 0.479 e. The number of benzene rings is 1. The molecule has 0 unspecified atom stereocenters. The highest BCUT2D eigenvalue weighted by Crippen LogP contribution is 2.28. The molecule has 4 nitrogen and oxygen atoms in total. The number of aryl methyl sites for hydroxylation is 1. The lowest BCUT2D eigenvalue weighted by Crippen LogP contribution is -1.99. The summed E-state index contributed by atoms with van der Waals surface area (Å²) >= 11 is 1.58. The Labute approximate surface area is 121 Å². The van der Waals surface area contributed by atoms with Gasteiger partial charge in [0.1, 0.15) is 0 Å². The molecule has 0 aliphatic carbocycles. The third-order valence-electron chi connectivity index (χ3n) is 2.91. The van der Waals surface area contributed by atoms with Gasteiger partial charge in [0.15, 0.2) is 11.5 Å². The Bertz CT molecular complexity index is 708. The zero-order valence-electron chi connectivity index (χ0n) is 11.2. The van der Waals surface area contributed by atoms with E-state index in [-0.39, 0.29) is 0 Å². The van der Waals surface area contributed by atoms with E-state index in [1.165, 1.54) is 5.56 Å². The van der Waals surface area contributed by atoms with Gasteiger partial charge in [0, 0.05) is 5.56 Å². The molecule has 100 valence electrons. The van der Waals surface area contributed by atoms with Crippen molar-refractivity contribution in [2.75, 3.05) is 7.11 Å². The minimum atomic E-state index is 0.493. The fourth-order valence-corrected chi connectivity index (χ4v) is 2.51. The van der Waals surface area contributed by atoms with Crippen molar-refractivity contribution in [2.45, 2.75) is 6.92 Å². The minimum absolute atomic E-state index is 0.493. The van der Waals surface area contributed by atoms with Crippen molar-refractivity contribution in [1.82, 2.24) is 15.2 Å². The highest BCUT2D eigenvalue weighted by Gasteiger charge is 2.13. The molecule has 20 heavy (non-hydrogen) atoms. The zero-order valence-corrected chi connectivity index (χ0v) is 12.0. The lowest BCUT2D eigenvalue weighted by molar-refractivity contribution is 0.396. The van der Waals surface area contributed by atoms with Crippen LogP contribution in [0.25, 0.3) is 22.0 Å². The second-order valence-corrected chi connectivity index (χ2v) is 5.28. The van der Waals surface area contributed by atoms with Crippen LogP contribution in [0.4, 0.5) is 0 Å². The smallest absolute Gasteiger partial charge is 0.244 e. The fraction of sp³-hybridized carbons (Fsp3) is 0.133. The van der Waals surface area contributed by atoms with E-state index in [4.69, 9.17) is 4.74 Å². The van der Waals surface area contributed by atoms with Gasteiger partial charge in [0.2, 0.25) is 5.88 Å². The first-order chi connectivity index (χ1) is 9.78. The van der Waals surface area contributed by atoms with Crippen LogP contribution in [0.2, 0.25) is 0 Å². The van der Waals surface area contributed by atoms with Crippen LogP contribution < -0.4 is 4.74 Å². The standard InChI is InChI=1S/C15H13N3OS/c1-10-5-7-11(8-6-10)13-15(19-2)16-14(18-17-13)12-4-3-9-20-12/h3-9H,1-2H3. The van der Waals surface area contributed by atoms with Gasteiger partial charge in [-0.25, -0.2) is 0 Å². The lowest BCUT2D eigenvalue weighted by atomic mass is 10.1. The van der Waals surface area contributed by atoms with Crippen molar-refractivity contribution < 1.29 is 4.74 Å². The maximum atomic E-state index is 5.36. The maximum Gasteiger partial charge on any atom is 0.244 e. The maximum absolute atomic E-state index is 5.36. The number of hydrogen-bond donors (Lipinski definition) is 0. The highest BCUT2D eigenvalue weighted by molar-refractivity contribution is 7.13. The lowest BCUT2D eigenvalue weighted by Gasteiger charge is -2.07. The van der Waals surface area contributed by atoms with Gasteiger partial charge in [-0.1, -0.05) is 35.9 Å². The molecule has 0 fully saturated rings. The predicted octanol–water partition coefficient (Wildman–Crippen LogP) is 3.58. The summed E-state index contributed by atoms with van der Waals surface area (Å²) in [5.41, 5.74) is 2.81. The molecule has 0 saturated heterocycles. The second kappa shape index (κ2) is 5.38. The summed E-state index contributed by atoms with van der Waals surface area (Å²) in [5, 5.41) is 10.5. The molecule has 0 N–H and O–H groups in total. The van der Waals surface area contributed by atoms with E-state index in [1.807, 2.05) is 48.7 Å². The summed E-state index contributed by atoms with van der Waals surface area (Å²) in [6.07, 6.45) is 0. The number of thiophene rings is 1. The Morgan fingerprint density at radius 1 is 1.05 bits per heavy atom. The summed E-state index contributed by atoms with van der Waals surface area (Å²) in [6.45, 7) is 2.05. The van der Waals surface area contributed by atoms with E-state index in [1.54, 1.807) is 18.4 Å². The van der Waals surface area contributed by atoms with Gasteiger partial charge in [-0.3, -0.25) is 0 Å². The number of nitrogens with zero attached hydrogens (tertiary/aromatic N) is 3. The third kappa shape index (κ3) is 2.40. The molecule has 2 aromatic heterocycles. The monoisotopic (exact) mass is 283 g/mol. The molecule has 0 atom stereocenters. The van der Waals surface area contributed by atoms with Gasteiger partial charge in [-0.05, 0) is 18.4 Å². The van der Waals surface area contributed by atoms with Crippen LogP contribution >= 0.6 is 11.3 Å². The first-order valence-electron chi connectivity index (χ1n) is 6.17. The minimum Gasteiger partial charge on any atom is -0.479 e. The fourth-order valence-electron chi connectivity index (χ4n) is 1.86. The third-order valence-corrected chi connectivity index (χ3v) is 3.78. The van der Waals surface area contributed by atoms with Crippen molar-refractivity contribution in [2.24, 2.45) is 0 Å². The van der Waals surface area contributed by atoms with Crippen molar-refractivity contribution in [3.05, 3.63) is 47.3 Å². The Balaban J connectivity index is 2.06. The van der Waals surface area contributed by atoms with Crippen molar-refractivity contribution in [1.29, 1.82) is 0 Å². The molecule has 0 amide bonds. The van der Waals surface area contributed by atoms with Crippen LogP contribution in [0.15, 0.2) is 41.8 Å². The van der Waals surface area contributed by atoms with E-state index in [2.05, 4.69) is 15.2 Å². The molecule has 0 bridgehead atoms. The van der Waals surface area contributed by atoms with Crippen LogP contribution in [-0.4, -0.2) is 22.3 Å². The quantitative estimate of drug-likeness (QED) is 0.737. The summed E-state index contributed by atoms with van der Waals surface area (Å²) < 4.78 is 5.36. The van der Waals surface area contributed by atoms with E-state index < -0.39 is 0 Å². The molecule has 0 radical (unpaired) electrons. The molecule has 0 saturated carbocycles. The van der Waals surface area contributed by atoms with Crippen LogP contribution in [0.1, 0.15) is 5.56 Å². The normalized spacial score (nSPS) is 10.5. The Hall–Kier alpha value is -2.27. The van der Waals surface area contributed by atoms with Gasteiger partial charge >= 0.3 is 0 Å². The predicted molar refractivity (Wildman–Crippen MR) is 79.9 cm³/mol. The van der Waals surface area contributed by atoms with E-state index >= 15 is 0 Å². The average Bonchev–Trinajstić information content (AvgIpc) is 3.02. The van der Waals surface area contributed by atoms with E-state index in [0.717, 1.165) is 10.4 Å². The number of rotatable bonds is 3.